The van der Waals surface area contributed by atoms with E-state index in [0.29, 0.717) is 0 Å². The molecule has 1 unspecified atom stereocenters. The van der Waals surface area contributed by atoms with E-state index in [4.69, 9.17) is 10.1 Å². The van der Waals surface area contributed by atoms with Crippen LogP contribution in [0.1, 0.15) is 32.3 Å². The Morgan fingerprint density at radius 2 is 2.18 bits per heavy atom. The number of nitrogens with one attached hydrogen (secondary N) is 2. The van der Waals surface area contributed by atoms with Gasteiger partial charge in [0.15, 0.2) is 5.96 Å². The molecule has 4 nitrogen and oxygen atoms in total. The van der Waals surface area contributed by atoms with Gasteiger partial charge in [0.2, 0.25) is 0 Å². The molecule has 5 heteroatoms. The minimum atomic E-state index is 0.189. The van der Waals surface area contributed by atoms with Crippen molar-refractivity contribution in [2.24, 2.45) is 10.9 Å². The highest BCUT2D eigenvalue weighted by atomic mass is 79.9. The Morgan fingerprint density at radius 1 is 1.41 bits per heavy atom. The van der Waals surface area contributed by atoms with Crippen molar-refractivity contribution < 1.29 is 5.11 Å². The summed E-state index contributed by atoms with van der Waals surface area (Å²) in [5.74, 6) is 1.06. The first-order valence-electron chi connectivity index (χ1n) is 7.99. The van der Waals surface area contributed by atoms with Crippen molar-refractivity contribution in [3.8, 4) is 0 Å². The van der Waals surface area contributed by atoms with Crippen LogP contribution in [-0.2, 0) is 5.41 Å². The zero-order valence-electron chi connectivity index (χ0n) is 13.4. The van der Waals surface area contributed by atoms with Gasteiger partial charge in [-0.25, -0.2) is 0 Å². The monoisotopic (exact) mass is 367 g/mol. The normalized spacial score (nSPS) is 17.9. The molecule has 1 aromatic carbocycles. The fourth-order valence-electron chi connectivity index (χ4n) is 2.41. The number of nitrogens with zero attached hydrogens (tertiary/aromatic N) is 1. The molecule has 1 aliphatic carbocycles. The van der Waals surface area contributed by atoms with Crippen LogP contribution < -0.4 is 10.6 Å². The Hall–Kier alpha value is -1.07. The predicted octanol–water partition coefficient (Wildman–Crippen LogP) is 2.66. The van der Waals surface area contributed by atoms with Gasteiger partial charge in [0.05, 0.1) is 6.54 Å². The number of halogens is 1. The maximum Gasteiger partial charge on any atom is 0.191 e. The van der Waals surface area contributed by atoms with Gasteiger partial charge in [-0.1, -0.05) is 35.0 Å². The van der Waals surface area contributed by atoms with Crippen LogP contribution in [0.5, 0.6) is 0 Å². The first-order chi connectivity index (χ1) is 10.6. The Balaban J connectivity index is 2.00. The summed E-state index contributed by atoms with van der Waals surface area (Å²) in [6, 6.07) is 8.55. The molecule has 1 aromatic rings. The minimum Gasteiger partial charge on any atom is -0.396 e. The van der Waals surface area contributed by atoms with Crippen molar-refractivity contribution in [3.63, 3.8) is 0 Å². The Kier molecular flexibility index (Phi) is 6.26. The quantitative estimate of drug-likeness (QED) is 0.512. The topological polar surface area (TPSA) is 56.7 Å². The first-order valence-corrected chi connectivity index (χ1v) is 8.78. The standard InChI is InChI=1S/C17H26BrN3O/c1-3-19-16(20-10-13(2)11-22)21-12-17(7-8-17)14-5-4-6-15(18)9-14/h4-6,9,13,22H,3,7-8,10-12H2,1-2H3,(H2,19,20,21). The molecule has 22 heavy (non-hydrogen) atoms. The molecule has 3 N–H and O–H groups in total. The van der Waals surface area contributed by atoms with Gasteiger partial charge >= 0.3 is 0 Å². The van der Waals surface area contributed by atoms with Crippen molar-refractivity contribution in [1.29, 1.82) is 0 Å². The van der Waals surface area contributed by atoms with Crippen LogP contribution in [0.4, 0.5) is 0 Å². The maximum absolute atomic E-state index is 9.12. The lowest BCUT2D eigenvalue weighted by molar-refractivity contribution is 0.238. The summed E-state index contributed by atoms with van der Waals surface area (Å²) in [5.41, 5.74) is 1.57. The van der Waals surface area contributed by atoms with Gasteiger partial charge in [-0.15, -0.1) is 0 Å². The number of aliphatic imine (C=N–C) groups is 1. The summed E-state index contributed by atoms with van der Waals surface area (Å²) in [7, 11) is 0. The first kappa shape index (κ1) is 17.3. The van der Waals surface area contributed by atoms with Crippen molar-refractivity contribution in [1.82, 2.24) is 10.6 Å². The number of aliphatic hydroxyl groups is 1. The number of guanidine groups is 1. The van der Waals surface area contributed by atoms with Crippen LogP contribution in [-0.4, -0.2) is 37.3 Å². The van der Waals surface area contributed by atoms with Crippen molar-refractivity contribution in [2.75, 3.05) is 26.2 Å². The summed E-state index contributed by atoms with van der Waals surface area (Å²) < 4.78 is 1.13. The van der Waals surface area contributed by atoms with E-state index in [1.165, 1.54) is 18.4 Å². The van der Waals surface area contributed by atoms with E-state index < -0.39 is 0 Å². The van der Waals surface area contributed by atoms with E-state index in [0.717, 1.165) is 30.1 Å². The lowest BCUT2D eigenvalue weighted by Gasteiger charge is -2.17. The molecule has 0 amide bonds. The van der Waals surface area contributed by atoms with Crippen LogP contribution in [0.3, 0.4) is 0 Å². The largest absolute Gasteiger partial charge is 0.396 e. The SMILES string of the molecule is CCNC(=NCC1(c2cccc(Br)c2)CC1)NCC(C)CO. The summed E-state index contributed by atoms with van der Waals surface area (Å²) in [6.45, 7) is 6.63. The lowest BCUT2D eigenvalue weighted by Crippen LogP contribution is -2.40. The third-order valence-electron chi connectivity index (χ3n) is 4.10. The van der Waals surface area contributed by atoms with E-state index in [1.807, 2.05) is 6.92 Å². The fourth-order valence-corrected chi connectivity index (χ4v) is 2.81. The van der Waals surface area contributed by atoms with E-state index in [-0.39, 0.29) is 17.9 Å². The number of aliphatic hydroxyl groups excluding tert-OH is 1. The smallest absolute Gasteiger partial charge is 0.191 e. The van der Waals surface area contributed by atoms with E-state index >= 15 is 0 Å². The highest BCUT2D eigenvalue weighted by molar-refractivity contribution is 9.10. The van der Waals surface area contributed by atoms with E-state index in [1.54, 1.807) is 0 Å². The molecule has 0 heterocycles. The Bertz CT molecular complexity index is 514. The number of hydrogen-bond donors (Lipinski definition) is 3. The molecular weight excluding hydrogens is 342 g/mol. The number of rotatable bonds is 7. The van der Waals surface area contributed by atoms with Crippen LogP contribution in [0.25, 0.3) is 0 Å². The van der Waals surface area contributed by atoms with Crippen LogP contribution in [0.15, 0.2) is 33.7 Å². The molecule has 1 fully saturated rings. The highest BCUT2D eigenvalue weighted by Gasteiger charge is 2.44. The molecule has 1 saturated carbocycles. The number of hydrogen-bond acceptors (Lipinski definition) is 2. The fraction of sp³-hybridized carbons (Fsp3) is 0.588. The van der Waals surface area contributed by atoms with E-state index in [2.05, 4.69) is 57.8 Å². The van der Waals surface area contributed by atoms with Gasteiger partial charge in [0.25, 0.3) is 0 Å². The summed E-state index contributed by atoms with van der Waals surface area (Å²) in [5, 5.41) is 15.7. The van der Waals surface area contributed by atoms with Crippen LogP contribution in [0, 0.1) is 5.92 Å². The summed E-state index contributed by atoms with van der Waals surface area (Å²) in [6.07, 6.45) is 2.39. The second-order valence-corrected chi connectivity index (χ2v) is 7.07. The average molecular weight is 368 g/mol. The third kappa shape index (κ3) is 4.71. The van der Waals surface area contributed by atoms with Crippen LogP contribution >= 0.6 is 15.9 Å². The maximum atomic E-state index is 9.12. The molecule has 122 valence electrons. The lowest BCUT2D eigenvalue weighted by atomic mass is 9.96. The van der Waals surface area contributed by atoms with Crippen LogP contribution in [0.2, 0.25) is 0 Å². The summed E-state index contributed by atoms with van der Waals surface area (Å²) in [4.78, 5) is 4.76. The number of benzene rings is 1. The van der Waals surface area contributed by atoms with Gasteiger partial charge in [-0.05, 0) is 43.4 Å². The molecule has 1 aliphatic rings. The molecule has 2 rings (SSSR count). The van der Waals surface area contributed by atoms with Crippen molar-refractivity contribution in [3.05, 3.63) is 34.3 Å². The van der Waals surface area contributed by atoms with Gasteiger partial charge < -0.3 is 15.7 Å². The van der Waals surface area contributed by atoms with Crippen molar-refractivity contribution >= 4 is 21.9 Å². The molecule has 1 atom stereocenters. The third-order valence-corrected chi connectivity index (χ3v) is 4.60. The predicted molar refractivity (Wildman–Crippen MR) is 95.3 cm³/mol. The second kappa shape index (κ2) is 7.97. The Morgan fingerprint density at radius 3 is 2.77 bits per heavy atom. The Labute approximate surface area is 141 Å². The van der Waals surface area contributed by atoms with E-state index in [9.17, 15) is 0 Å². The second-order valence-electron chi connectivity index (χ2n) is 6.15. The van der Waals surface area contributed by atoms with Crippen molar-refractivity contribution in [2.45, 2.75) is 32.1 Å². The van der Waals surface area contributed by atoms with Gasteiger partial charge in [-0.3, -0.25) is 4.99 Å². The van der Waals surface area contributed by atoms with Gasteiger partial charge in [-0.2, -0.15) is 0 Å². The molecule has 0 aliphatic heterocycles. The van der Waals surface area contributed by atoms with Gasteiger partial charge in [0, 0.05) is 29.6 Å². The molecule has 0 spiro atoms. The molecule has 0 bridgehead atoms. The zero-order valence-corrected chi connectivity index (χ0v) is 15.0. The highest BCUT2D eigenvalue weighted by Crippen LogP contribution is 2.48. The minimum absolute atomic E-state index is 0.189. The molecule has 0 aromatic heterocycles. The molecule has 0 saturated heterocycles. The zero-order chi connectivity index (χ0) is 16.0. The molecular formula is C17H26BrN3O. The summed E-state index contributed by atoms with van der Waals surface area (Å²) >= 11 is 3.55. The molecule has 0 radical (unpaired) electrons. The average Bonchev–Trinajstić information content (AvgIpc) is 3.31. The van der Waals surface area contributed by atoms with Gasteiger partial charge in [0.1, 0.15) is 0 Å².